The molecular formula is C19H23FN3O. The summed E-state index contributed by atoms with van der Waals surface area (Å²) in [6.45, 7) is 5.07. The largest absolute Gasteiger partial charge is 0.389 e. The number of halogens is 1. The van der Waals surface area contributed by atoms with Gasteiger partial charge in [0.25, 0.3) is 0 Å². The number of benzene rings is 2. The van der Waals surface area contributed by atoms with E-state index in [-0.39, 0.29) is 11.9 Å². The first-order valence-electron chi connectivity index (χ1n) is 8.23. The first-order chi connectivity index (χ1) is 11.7. The fraction of sp³-hybridized carbons (Fsp3) is 0.316. The van der Waals surface area contributed by atoms with Crippen molar-refractivity contribution >= 4 is 11.4 Å². The van der Waals surface area contributed by atoms with Gasteiger partial charge in [0.05, 0.1) is 23.5 Å². The van der Waals surface area contributed by atoms with Gasteiger partial charge in [-0.2, -0.15) is 0 Å². The molecule has 1 heterocycles. The highest BCUT2D eigenvalue weighted by atomic mass is 19.1. The van der Waals surface area contributed by atoms with E-state index in [4.69, 9.17) is 0 Å². The lowest BCUT2D eigenvalue weighted by molar-refractivity contribution is 0.143. The summed E-state index contributed by atoms with van der Waals surface area (Å²) in [5, 5.41) is 13.7. The highest BCUT2D eigenvalue weighted by Gasteiger charge is 2.37. The predicted octanol–water partition coefficient (Wildman–Crippen LogP) is 2.91. The summed E-state index contributed by atoms with van der Waals surface area (Å²) in [6, 6.07) is 14.5. The van der Waals surface area contributed by atoms with Crippen LogP contribution >= 0.6 is 0 Å². The van der Waals surface area contributed by atoms with Crippen molar-refractivity contribution in [1.82, 2.24) is 5.32 Å². The number of aliphatic hydroxyl groups is 1. The van der Waals surface area contributed by atoms with Gasteiger partial charge in [0.15, 0.2) is 0 Å². The van der Waals surface area contributed by atoms with Crippen LogP contribution in [0.15, 0.2) is 48.5 Å². The number of para-hydroxylation sites is 1. The lowest BCUT2D eigenvalue weighted by Gasteiger charge is -2.33. The minimum Gasteiger partial charge on any atom is -0.389 e. The van der Waals surface area contributed by atoms with Crippen LogP contribution in [0.4, 0.5) is 15.8 Å². The zero-order chi connectivity index (χ0) is 17.1. The molecule has 2 unspecified atom stereocenters. The lowest BCUT2D eigenvalue weighted by Crippen LogP contribution is -2.40. The summed E-state index contributed by atoms with van der Waals surface area (Å²) in [5.74, 6) is -0.280. The molecule has 2 atom stereocenters. The fourth-order valence-electron chi connectivity index (χ4n) is 3.26. The summed E-state index contributed by atoms with van der Waals surface area (Å²) in [7, 11) is 1.80. The number of nitrogens with one attached hydrogen (secondary N) is 1. The van der Waals surface area contributed by atoms with Crippen molar-refractivity contribution in [3.8, 4) is 0 Å². The monoisotopic (exact) mass is 328 g/mol. The Morgan fingerprint density at radius 2 is 1.88 bits per heavy atom. The topological polar surface area (TPSA) is 38.7 Å². The van der Waals surface area contributed by atoms with Gasteiger partial charge in [-0.05, 0) is 31.7 Å². The van der Waals surface area contributed by atoms with E-state index in [0.717, 1.165) is 17.8 Å². The molecule has 3 rings (SSSR count). The van der Waals surface area contributed by atoms with Gasteiger partial charge in [0.2, 0.25) is 0 Å². The molecule has 1 aliphatic rings. The van der Waals surface area contributed by atoms with Crippen molar-refractivity contribution in [3.63, 3.8) is 0 Å². The number of rotatable bonds is 6. The molecule has 0 saturated carbocycles. The van der Waals surface area contributed by atoms with Gasteiger partial charge in [-0.15, -0.1) is 0 Å². The molecule has 0 bridgehead atoms. The Hall–Kier alpha value is -2.11. The molecule has 5 heteroatoms. The molecule has 127 valence electrons. The summed E-state index contributed by atoms with van der Waals surface area (Å²) in [5.41, 5.74) is 2.29. The molecule has 0 saturated heterocycles. The van der Waals surface area contributed by atoms with E-state index in [9.17, 15) is 9.50 Å². The molecule has 1 radical (unpaired) electrons. The van der Waals surface area contributed by atoms with Crippen molar-refractivity contribution in [3.05, 3.63) is 66.6 Å². The minimum atomic E-state index is -0.682. The predicted molar refractivity (Wildman–Crippen MR) is 95.3 cm³/mol. The Bertz CT molecular complexity index is 680. The molecule has 0 aromatic heterocycles. The van der Waals surface area contributed by atoms with Crippen LogP contribution in [0.25, 0.3) is 0 Å². The van der Waals surface area contributed by atoms with Crippen molar-refractivity contribution in [1.29, 1.82) is 0 Å². The molecule has 2 aromatic rings. The molecule has 24 heavy (non-hydrogen) atoms. The van der Waals surface area contributed by atoms with Crippen LogP contribution in [0, 0.1) is 12.5 Å². The second-order valence-electron chi connectivity index (χ2n) is 5.90. The standard InChI is InChI=1S/C19H23FN3O/c1-3-22-13-23(19-15(20)10-7-11-16(19)22)18(17(24)12-21-2)14-8-5-4-6-9-14/h4-11,13,17-18,21,24H,3,12H2,1-2H3. The number of nitrogens with zero attached hydrogens (tertiary/aromatic N) is 2. The molecule has 0 fully saturated rings. The molecule has 0 amide bonds. The summed E-state index contributed by atoms with van der Waals surface area (Å²) < 4.78 is 14.6. The second kappa shape index (κ2) is 7.20. The Labute approximate surface area is 142 Å². The van der Waals surface area contributed by atoms with Crippen molar-refractivity contribution in [2.24, 2.45) is 0 Å². The fourth-order valence-corrected chi connectivity index (χ4v) is 3.26. The number of hydrogen-bond donors (Lipinski definition) is 2. The highest BCUT2D eigenvalue weighted by Crippen LogP contribution is 2.45. The average molecular weight is 328 g/mol. The first kappa shape index (κ1) is 16.7. The summed E-state index contributed by atoms with van der Waals surface area (Å²) >= 11 is 0. The van der Waals surface area contributed by atoms with E-state index in [1.165, 1.54) is 6.07 Å². The van der Waals surface area contributed by atoms with Gasteiger partial charge >= 0.3 is 0 Å². The highest BCUT2D eigenvalue weighted by molar-refractivity contribution is 5.79. The van der Waals surface area contributed by atoms with Crippen molar-refractivity contribution in [2.75, 3.05) is 29.9 Å². The smallest absolute Gasteiger partial charge is 0.148 e. The summed E-state index contributed by atoms with van der Waals surface area (Å²) in [6.07, 6.45) is -0.682. The zero-order valence-electron chi connectivity index (χ0n) is 14.0. The van der Waals surface area contributed by atoms with Crippen LogP contribution in [-0.2, 0) is 0 Å². The maximum atomic E-state index is 14.6. The van der Waals surface area contributed by atoms with Crippen LogP contribution in [0.1, 0.15) is 18.5 Å². The molecule has 0 spiro atoms. The number of anilines is 2. The van der Waals surface area contributed by atoms with Gasteiger partial charge in [0, 0.05) is 13.1 Å². The van der Waals surface area contributed by atoms with Gasteiger partial charge in [-0.1, -0.05) is 36.4 Å². The van der Waals surface area contributed by atoms with Crippen LogP contribution in [-0.4, -0.2) is 31.3 Å². The Balaban J connectivity index is 2.06. The number of fused-ring (bicyclic) bond motifs is 1. The molecule has 2 N–H and O–H groups in total. The molecule has 1 aliphatic heterocycles. The van der Waals surface area contributed by atoms with Gasteiger partial charge in [-0.3, -0.25) is 0 Å². The minimum absolute atomic E-state index is 0.280. The van der Waals surface area contributed by atoms with E-state index < -0.39 is 6.10 Å². The van der Waals surface area contributed by atoms with Gasteiger partial charge < -0.3 is 20.2 Å². The maximum Gasteiger partial charge on any atom is 0.148 e. The molecular weight excluding hydrogens is 305 g/mol. The Kier molecular flexibility index (Phi) is 5.02. The van der Waals surface area contributed by atoms with E-state index in [2.05, 4.69) is 5.32 Å². The van der Waals surface area contributed by atoms with E-state index in [1.54, 1.807) is 13.1 Å². The zero-order valence-corrected chi connectivity index (χ0v) is 14.0. The first-order valence-corrected chi connectivity index (χ1v) is 8.23. The lowest BCUT2D eigenvalue weighted by atomic mass is 9.99. The quantitative estimate of drug-likeness (QED) is 0.855. The Morgan fingerprint density at radius 3 is 2.54 bits per heavy atom. The van der Waals surface area contributed by atoms with Crippen LogP contribution < -0.4 is 15.1 Å². The maximum absolute atomic E-state index is 14.6. The SMILES string of the molecule is CCN1[CH]N(C(c2ccccc2)C(O)CNC)c2c(F)cccc21. The van der Waals surface area contributed by atoms with Crippen LogP contribution in [0.5, 0.6) is 0 Å². The van der Waals surface area contributed by atoms with Crippen molar-refractivity contribution < 1.29 is 9.50 Å². The van der Waals surface area contributed by atoms with E-state index in [1.807, 2.05) is 59.8 Å². The third kappa shape index (κ3) is 2.97. The molecule has 2 aromatic carbocycles. The van der Waals surface area contributed by atoms with E-state index in [0.29, 0.717) is 12.2 Å². The third-order valence-electron chi connectivity index (χ3n) is 4.36. The number of likely N-dealkylation sites (N-methyl/N-ethyl adjacent to an activating group) is 1. The average Bonchev–Trinajstić information content (AvgIpc) is 2.96. The second-order valence-corrected chi connectivity index (χ2v) is 5.90. The van der Waals surface area contributed by atoms with Crippen molar-refractivity contribution in [2.45, 2.75) is 19.1 Å². The van der Waals surface area contributed by atoms with Crippen LogP contribution in [0.3, 0.4) is 0 Å². The molecule has 0 aliphatic carbocycles. The van der Waals surface area contributed by atoms with Crippen LogP contribution in [0.2, 0.25) is 0 Å². The number of aliphatic hydroxyl groups excluding tert-OH is 1. The molecule has 4 nitrogen and oxygen atoms in total. The Morgan fingerprint density at radius 1 is 1.12 bits per heavy atom. The summed E-state index contributed by atoms with van der Waals surface area (Å²) in [4.78, 5) is 3.85. The third-order valence-corrected chi connectivity index (χ3v) is 4.36. The number of hydrogen-bond acceptors (Lipinski definition) is 4. The van der Waals surface area contributed by atoms with Gasteiger partial charge in [-0.25, -0.2) is 4.39 Å². The normalized spacial score (nSPS) is 16.2. The van der Waals surface area contributed by atoms with E-state index >= 15 is 0 Å². The van der Waals surface area contributed by atoms with Gasteiger partial charge in [0.1, 0.15) is 12.5 Å².